The number of para-hydroxylation sites is 1. The van der Waals surface area contributed by atoms with Crippen LogP contribution in [0.3, 0.4) is 0 Å². The third-order valence-corrected chi connectivity index (χ3v) is 3.15. The Balaban J connectivity index is 2.64. The molecule has 1 aromatic heterocycles. The van der Waals surface area contributed by atoms with Gasteiger partial charge in [0.25, 0.3) is 5.56 Å². The summed E-state index contributed by atoms with van der Waals surface area (Å²) < 4.78 is 0.119. The Morgan fingerprint density at radius 2 is 2.00 bits per heavy atom. The number of aromatic nitrogens is 1. The molecular formula is C12H8Cl3NO. The van der Waals surface area contributed by atoms with Crippen LogP contribution in [-0.4, -0.2) is 4.98 Å². The fourth-order valence-corrected chi connectivity index (χ4v) is 2.09. The van der Waals surface area contributed by atoms with Crippen molar-refractivity contribution in [3.8, 4) is 0 Å². The number of aromatic amines is 1. The number of nitrogens with one attached hydrogen (secondary N) is 1. The summed E-state index contributed by atoms with van der Waals surface area (Å²) in [7, 11) is 0. The maximum absolute atomic E-state index is 11.8. The normalized spacial score (nSPS) is 10.5. The van der Waals surface area contributed by atoms with Gasteiger partial charge in [-0.15, -0.1) is 0 Å². The second-order valence-corrected chi connectivity index (χ2v) is 4.88. The molecule has 0 atom stereocenters. The molecule has 0 spiro atoms. The van der Waals surface area contributed by atoms with Crippen LogP contribution in [0, 0.1) is 0 Å². The number of hydrogen-bond donors (Lipinski definition) is 1. The lowest BCUT2D eigenvalue weighted by atomic mass is 10.1. The molecule has 0 aliphatic rings. The molecule has 0 bridgehead atoms. The summed E-state index contributed by atoms with van der Waals surface area (Å²) in [6.07, 6.45) is 1.84. The van der Waals surface area contributed by atoms with Gasteiger partial charge in [0.1, 0.15) is 4.49 Å². The number of hydrogen-bond acceptors (Lipinski definition) is 1. The minimum Gasteiger partial charge on any atom is -0.322 e. The first-order chi connectivity index (χ1) is 8.09. The third-order valence-electron chi connectivity index (χ3n) is 2.41. The Labute approximate surface area is 113 Å². The largest absolute Gasteiger partial charge is 0.322 e. The van der Waals surface area contributed by atoms with Gasteiger partial charge in [-0.3, -0.25) is 4.79 Å². The highest BCUT2D eigenvalue weighted by molar-refractivity contribution is 6.55. The lowest BCUT2D eigenvalue weighted by molar-refractivity contribution is 1.16. The number of allylic oxidation sites excluding steroid dienone is 1. The van der Waals surface area contributed by atoms with Crippen LogP contribution in [0.25, 0.3) is 10.9 Å². The standard InChI is InChI=1S/C12H8Cl3NO/c13-10(14)6-5-8-11(15)7-3-1-2-4-9(7)16-12(8)17/h1-4,6H,5H2,(H,16,17). The topological polar surface area (TPSA) is 32.9 Å². The summed E-state index contributed by atoms with van der Waals surface area (Å²) in [5.74, 6) is 0. The van der Waals surface area contributed by atoms with E-state index in [0.29, 0.717) is 22.5 Å². The van der Waals surface area contributed by atoms with Crippen molar-refractivity contribution in [1.82, 2.24) is 4.98 Å². The van der Waals surface area contributed by atoms with E-state index in [-0.39, 0.29) is 10.1 Å². The smallest absolute Gasteiger partial charge is 0.253 e. The second-order valence-electron chi connectivity index (χ2n) is 3.49. The van der Waals surface area contributed by atoms with Gasteiger partial charge in [-0.25, -0.2) is 0 Å². The lowest BCUT2D eigenvalue weighted by Crippen LogP contribution is -2.12. The molecule has 0 unspecified atom stereocenters. The molecule has 0 saturated heterocycles. The van der Waals surface area contributed by atoms with Gasteiger partial charge in [-0.05, 0) is 18.6 Å². The molecule has 2 nitrogen and oxygen atoms in total. The molecule has 0 aliphatic heterocycles. The second kappa shape index (κ2) is 5.13. The van der Waals surface area contributed by atoms with E-state index in [0.717, 1.165) is 5.39 Å². The van der Waals surface area contributed by atoms with Crippen LogP contribution in [0.5, 0.6) is 0 Å². The molecule has 0 saturated carbocycles. The number of rotatable bonds is 2. The molecule has 1 heterocycles. The van der Waals surface area contributed by atoms with E-state index in [2.05, 4.69) is 4.98 Å². The summed E-state index contributed by atoms with van der Waals surface area (Å²) in [5, 5.41) is 1.25. The van der Waals surface area contributed by atoms with Crippen LogP contribution >= 0.6 is 34.8 Å². The van der Waals surface area contributed by atoms with Crippen molar-refractivity contribution < 1.29 is 0 Å². The van der Waals surface area contributed by atoms with Crippen molar-refractivity contribution >= 4 is 45.7 Å². The van der Waals surface area contributed by atoms with E-state index in [1.165, 1.54) is 6.08 Å². The zero-order valence-corrected chi connectivity index (χ0v) is 10.9. The van der Waals surface area contributed by atoms with Gasteiger partial charge in [-0.2, -0.15) is 0 Å². The predicted octanol–water partition coefficient (Wildman–Crippen LogP) is 4.04. The molecule has 1 N–H and O–H groups in total. The highest BCUT2D eigenvalue weighted by Gasteiger charge is 2.09. The first kappa shape index (κ1) is 12.5. The quantitative estimate of drug-likeness (QED) is 0.888. The zero-order valence-electron chi connectivity index (χ0n) is 8.64. The van der Waals surface area contributed by atoms with Gasteiger partial charge in [0, 0.05) is 16.5 Å². The van der Waals surface area contributed by atoms with Gasteiger partial charge in [0.05, 0.1) is 5.02 Å². The lowest BCUT2D eigenvalue weighted by Gasteiger charge is -2.04. The van der Waals surface area contributed by atoms with Crippen LogP contribution in [0.2, 0.25) is 5.02 Å². The minimum atomic E-state index is -0.223. The molecule has 2 rings (SSSR count). The maximum atomic E-state index is 11.8. The molecule has 1 aromatic carbocycles. The van der Waals surface area contributed by atoms with Crippen LogP contribution in [0.1, 0.15) is 5.56 Å². The van der Waals surface area contributed by atoms with Gasteiger partial charge in [0.15, 0.2) is 0 Å². The molecule has 0 radical (unpaired) electrons. The van der Waals surface area contributed by atoms with E-state index in [9.17, 15) is 4.79 Å². The summed E-state index contributed by atoms with van der Waals surface area (Å²) in [5.41, 5.74) is 0.955. The van der Waals surface area contributed by atoms with Gasteiger partial charge >= 0.3 is 0 Å². The van der Waals surface area contributed by atoms with Gasteiger partial charge in [0.2, 0.25) is 0 Å². The fraction of sp³-hybridized carbons (Fsp3) is 0.0833. The number of benzene rings is 1. The zero-order chi connectivity index (χ0) is 12.4. The molecule has 17 heavy (non-hydrogen) atoms. The van der Waals surface area contributed by atoms with Crippen molar-refractivity contribution in [3.05, 3.63) is 55.8 Å². The minimum absolute atomic E-state index is 0.119. The summed E-state index contributed by atoms with van der Waals surface area (Å²) in [6, 6.07) is 7.35. The molecule has 0 fully saturated rings. The van der Waals surface area contributed by atoms with Crippen molar-refractivity contribution in [2.24, 2.45) is 0 Å². The first-order valence-corrected chi connectivity index (χ1v) is 6.03. The Kier molecular flexibility index (Phi) is 3.77. The molecule has 88 valence electrons. The van der Waals surface area contributed by atoms with Crippen molar-refractivity contribution in [2.75, 3.05) is 0 Å². The van der Waals surface area contributed by atoms with Crippen LogP contribution in [-0.2, 0) is 6.42 Å². The average molecular weight is 289 g/mol. The Morgan fingerprint density at radius 1 is 1.29 bits per heavy atom. The molecular weight excluding hydrogens is 280 g/mol. The van der Waals surface area contributed by atoms with E-state index >= 15 is 0 Å². The third kappa shape index (κ3) is 2.65. The maximum Gasteiger partial charge on any atom is 0.253 e. The average Bonchev–Trinajstić information content (AvgIpc) is 2.28. The van der Waals surface area contributed by atoms with E-state index in [1.54, 1.807) is 6.07 Å². The first-order valence-electron chi connectivity index (χ1n) is 4.90. The van der Waals surface area contributed by atoms with Crippen LogP contribution in [0.4, 0.5) is 0 Å². The molecule has 5 heteroatoms. The Bertz CT molecular complexity index is 642. The highest BCUT2D eigenvalue weighted by Crippen LogP contribution is 2.24. The summed E-state index contributed by atoms with van der Waals surface area (Å²) in [6.45, 7) is 0. The van der Waals surface area contributed by atoms with E-state index < -0.39 is 0 Å². The number of pyridine rings is 1. The van der Waals surface area contributed by atoms with Gasteiger partial charge in [-0.1, -0.05) is 53.0 Å². The Morgan fingerprint density at radius 3 is 2.71 bits per heavy atom. The monoisotopic (exact) mass is 287 g/mol. The molecule has 2 aromatic rings. The van der Waals surface area contributed by atoms with Gasteiger partial charge < -0.3 is 4.98 Å². The Hall–Kier alpha value is -0.960. The number of H-pyrrole nitrogens is 1. The van der Waals surface area contributed by atoms with Crippen LogP contribution < -0.4 is 5.56 Å². The summed E-state index contributed by atoms with van der Waals surface area (Å²) >= 11 is 17.2. The highest BCUT2D eigenvalue weighted by atomic mass is 35.5. The fourth-order valence-electron chi connectivity index (χ4n) is 1.61. The SMILES string of the molecule is O=c1[nH]c2ccccc2c(Cl)c1CC=C(Cl)Cl. The van der Waals surface area contributed by atoms with Crippen molar-refractivity contribution in [2.45, 2.75) is 6.42 Å². The van der Waals surface area contributed by atoms with Crippen molar-refractivity contribution in [1.29, 1.82) is 0 Å². The number of halogens is 3. The van der Waals surface area contributed by atoms with E-state index in [1.807, 2.05) is 18.2 Å². The number of fused-ring (bicyclic) bond motifs is 1. The molecule has 0 amide bonds. The molecule has 0 aliphatic carbocycles. The predicted molar refractivity (Wildman–Crippen MR) is 73.1 cm³/mol. The van der Waals surface area contributed by atoms with Crippen LogP contribution in [0.15, 0.2) is 39.6 Å². The van der Waals surface area contributed by atoms with E-state index in [4.69, 9.17) is 34.8 Å². The summed E-state index contributed by atoms with van der Waals surface area (Å²) in [4.78, 5) is 14.6. The van der Waals surface area contributed by atoms with Crippen molar-refractivity contribution in [3.63, 3.8) is 0 Å².